The average Bonchev–Trinajstić information content (AvgIpc) is 2.14. The minimum absolute atomic E-state index is 0.0411. The normalized spacial score (nSPS) is 15.8. The molecule has 0 atom stereocenters. The number of esters is 1. The maximum atomic E-state index is 11.5. The van der Waals surface area contributed by atoms with Crippen molar-refractivity contribution >= 4 is 5.97 Å². The van der Waals surface area contributed by atoms with E-state index in [2.05, 4.69) is 14.7 Å². The van der Waals surface area contributed by atoms with Gasteiger partial charge in [0.25, 0.3) is 5.56 Å². The maximum Gasteiger partial charge on any atom is 0.345 e. The van der Waals surface area contributed by atoms with Crippen molar-refractivity contribution in [3.63, 3.8) is 0 Å². The Morgan fingerprint density at radius 1 is 1.60 bits per heavy atom. The van der Waals surface area contributed by atoms with Gasteiger partial charge in [0.05, 0.1) is 7.11 Å². The van der Waals surface area contributed by atoms with Gasteiger partial charge in [0.2, 0.25) is 0 Å². The van der Waals surface area contributed by atoms with E-state index in [4.69, 9.17) is 0 Å². The quantitative estimate of drug-likeness (QED) is 0.730. The third-order valence-corrected chi connectivity index (χ3v) is 2.72. The third-order valence-electron chi connectivity index (χ3n) is 2.72. The summed E-state index contributed by atoms with van der Waals surface area (Å²) in [6.07, 6.45) is 4.58. The Morgan fingerprint density at radius 2 is 2.33 bits per heavy atom. The molecule has 1 aromatic heterocycles. The second-order valence-electron chi connectivity index (χ2n) is 3.63. The third kappa shape index (κ3) is 1.77. The van der Waals surface area contributed by atoms with Gasteiger partial charge in [-0.1, -0.05) is 6.42 Å². The molecule has 1 aliphatic rings. The van der Waals surface area contributed by atoms with E-state index in [0.29, 0.717) is 11.7 Å². The van der Waals surface area contributed by atoms with E-state index >= 15 is 0 Å². The van der Waals surface area contributed by atoms with Crippen molar-refractivity contribution in [2.24, 2.45) is 0 Å². The first kappa shape index (κ1) is 9.89. The number of nitrogens with zero attached hydrogens (tertiary/aromatic N) is 1. The van der Waals surface area contributed by atoms with Crippen LogP contribution in [0, 0.1) is 0 Å². The molecule has 0 aliphatic heterocycles. The summed E-state index contributed by atoms with van der Waals surface area (Å²) in [7, 11) is 1.24. The molecule has 0 spiro atoms. The lowest BCUT2D eigenvalue weighted by Gasteiger charge is -2.23. The average molecular weight is 208 g/mol. The van der Waals surface area contributed by atoms with Crippen molar-refractivity contribution in [3.8, 4) is 0 Å². The Labute approximate surface area is 86.5 Å². The van der Waals surface area contributed by atoms with Gasteiger partial charge in [0.1, 0.15) is 11.4 Å². The maximum absolute atomic E-state index is 11.5. The van der Waals surface area contributed by atoms with Crippen LogP contribution in [0.2, 0.25) is 0 Å². The minimum atomic E-state index is -0.649. The number of H-pyrrole nitrogens is 1. The van der Waals surface area contributed by atoms with Crippen molar-refractivity contribution in [3.05, 3.63) is 27.9 Å². The van der Waals surface area contributed by atoms with E-state index in [1.165, 1.54) is 19.7 Å². The van der Waals surface area contributed by atoms with E-state index in [-0.39, 0.29) is 5.56 Å². The van der Waals surface area contributed by atoms with E-state index < -0.39 is 11.5 Å². The van der Waals surface area contributed by atoms with Gasteiger partial charge in [-0.15, -0.1) is 0 Å². The van der Waals surface area contributed by atoms with Gasteiger partial charge in [0, 0.05) is 12.1 Å². The molecular weight excluding hydrogens is 196 g/mol. The number of hydrogen-bond acceptors (Lipinski definition) is 4. The summed E-state index contributed by atoms with van der Waals surface area (Å²) in [5.41, 5.74) is -0.459. The Kier molecular flexibility index (Phi) is 2.53. The molecule has 0 amide bonds. The summed E-state index contributed by atoms with van der Waals surface area (Å²) in [5.74, 6) is 0.382. The summed E-state index contributed by atoms with van der Waals surface area (Å²) >= 11 is 0. The van der Waals surface area contributed by atoms with Crippen molar-refractivity contribution < 1.29 is 9.53 Å². The zero-order valence-electron chi connectivity index (χ0n) is 8.45. The standard InChI is InChI=1S/C10H12N2O3/c1-15-10(14)7-5-11-8(12-9(7)13)6-3-2-4-6/h5-6H,2-4H2,1H3,(H,11,12,13). The van der Waals surface area contributed by atoms with Gasteiger partial charge in [-0.3, -0.25) is 4.79 Å². The van der Waals surface area contributed by atoms with Crippen LogP contribution in [-0.2, 0) is 4.74 Å². The van der Waals surface area contributed by atoms with Gasteiger partial charge in [0.15, 0.2) is 0 Å². The first-order valence-electron chi connectivity index (χ1n) is 4.90. The fraction of sp³-hybridized carbons (Fsp3) is 0.500. The number of ether oxygens (including phenoxy) is 1. The topological polar surface area (TPSA) is 72.0 Å². The van der Waals surface area contributed by atoms with E-state index in [9.17, 15) is 9.59 Å². The molecule has 0 radical (unpaired) electrons. The zero-order valence-corrected chi connectivity index (χ0v) is 8.45. The molecule has 15 heavy (non-hydrogen) atoms. The molecule has 80 valence electrons. The highest BCUT2D eigenvalue weighted by Gasteiger charge is 2.22. The molecule has 0 aromatic carbocycles. The minimum Gasteiger partial charge on any atom is -0.465 e. The van der Waals surface area contributed by atoms with Gasteiger partial charge in [-0.05, 0) is 12.8 Å². The summed E-state index contributed by atoms with van der Waals surface area (Å²) in [6, 6.07) is 0. The van der Waals surface area contributed by atoms with Crippen LogP contribution in [0.4, 0.5) is 0 Å². The lowest BCUT2D eigenvalue weighted by Crippen LogP contribution is -2.24. The Morgan fingerprint density at radius 3 is 2.80 bits per heavy atom. The Bertz CT molecular complexity index is 435. The van der Waals surface area contributed by atoms with Gasteiger partial charge in [-0.2, -0.15) is 0 Å². The highest BCUT2D eigenvalue weighted by molar-refractivity contribution is 5.88. The second-order valence-corrected chi connectivity index (χ2v) is 3.63. The monoisotopic (exact) mass is 208 g/mol. The predicted molar refractivity (Wildman–Crippen MR) is 52.8 cm³/mol. The lowest BCUT2D eigenvalue weighted by atomic mass is 9.85. The van der Waals surface area contributed by atoms with Crippen molar-refractivity contribution in [1.29, 1.82) is 0 Å². The van der Waals surface area contributed by atoms with Crippen LogP contribution in [0.15, 0.2) is 11.0 Å². The van der Waals surface area contributed by atoms with Crippen LogP contribution in [0.25, 0.3) is 0 Å². The number of methoxy groups -OCH3 is 1. The first-order chi connectivity index (χ1) is 7.22. The van der Waals surface area contributed by atoms with Crippen LogP contribution >= 0.6 is 0 Å². The summed E-state index contributed by atoms with van der Waals surface area (Å²) in [4.78, 5) is 29.3. The molecular formula is C10H12N2O3. The fourth-order valence-corrected chi connectivity index (χ4v) is 1.55. The van der Waals surface area contributed by atoms with E-state index in [1.54, 1.807) is 0 Å². The number of hydrogen-bond donors (Lipinski definition) is 1. The molecule has 1 aliphatic carbocycles. The SMILES string of the molecule is COC(=O)c1cnc(C2CCC2)[nH]c1=O. The fourth-order valence-electron chi connectivity index (χ4n) is 1.55. The second kappa shape index (κ2) is 3.84. The molecule has 1 fully saturated rings. The number of aromatic nitrogens is 2. The van der Waals surface area contributed by atoms with Crippen molar-refractivity contribution in [1.82, 2.24) is 9.97 Å². The van der Waals surface area contributed by atoms with E-state index in [1.807, 2.05) is 0 Å². The highest BCUT2D eigenvalue weighted by Crippen LogP contribution is 2.33. The number of rotatable bonds is 2. The first-order valence-corrected chi connectivity index (χ1v) is 4.90. The highest BCUT2D eigenvalue weighted by atomic mass is 16.5. The predicted octanol–water partition coefficient (Wildman–Crippen LogP) is 0.824. The molecule has 1 N–H and O–H groups in total. The number of nitrogens with one attached hydrogen (secondary N) is 1. The van der Waals surface area contributed by atoms with Crippen molar-refractivity contribution in [2.75, 3.05) is 7.11 Å². The summed E-state index contributed by atoms with van der Waals surface area (Å²) in [6.45, 7) is 0. The molecule has 1 saturated carbocycles. The van der Waals surface area contributed by atoms with Crippen LogP contribution in [0.1, 0.15) is 41.4 Å². The molecule has 1 heterocycles. The van der Waals surface area contributed by atoms with Crippen molar-refractivity contribution in [2.45, 2.75) is 25.2 Å². The van der Waals surface area contributed by atoms with Crippen LogP contribution < -0.4 is 5.56 Å². The van der Waals surface area contributed by atoms with Crippen LogP contribution in [0.5, 0.6) is 0 Å². The van der Waals surface area contributed by atoms with Gasteiger partial charge >= 0.3 is 5.97 Å². The van der Waals surface area contributed by atoms with Gasteiger partial charge < -0.3 is 9.72 Å². The molecule has 2 rings (SSSR count). The van der Waals surface area contributed by atoms with Gasteiger partial charge in [-0.25, -0.2) is 9.78 Å². The van der Waals surface area contributed by atoms with Crippen LogP contribution in [-0.4, -0.2) is 23.0 Å². The Hall–Kier alpha value is -1.65. The summed E-state index contributed by atoms with van der Waals surface area (Å²) in [5, 5.41) is 0. The molecule has 5 nitrogen and oxygen atoms in total. The van der Waals surface area contributed by atoms with Crippen LogP contribution in [0.3, 0.4) is 0 Å². The molecule has 0 bridgehead atoms. The summed E-state index contributed by atoms with van der Waals surface area (Å²) < 4.78 is 4.46. The number of carbonyl (C=O) groups excluding carboxylic acids is 1. The number of aromatic amines is 1. The largest absolute Gasteiger partial charge is 0.465 e. The number of carbonyl (C=O) groups is 1. The lowest BCUT2D eigenvalue weighted by molar-refractivity contribution is 0.0598. The molecule has 5 heteroatoms. The molecule has 0 unspecified atom stereocenters. The molecule has 0 saturated heterocycles. The smallest absolute Gasteiger partial charge is 0.345 e. The van der Waals surface area contributed by atoms with E-state index in [0.717, 1.165) is 12.8 Å². The molecule has 1 aromatic rings. The zero-order chi connectivity index (χ0) is 10.8. The Balaban J connectivity index is 2.30.